The normalized spacial score (nSPS) is 16.6. The van der Waals surface area contributed by atoms with Gasteiger partial charge in [-0.25, -0.2) is 0 Å². The van der Waals surface area contributed by atoms with Gasteiger partial charge in [0.05, 0.1) is 0 Å². The molecule has 25 heavy (non-hydrogen) atoms. The van der Waals surface area contributed by atoms with E-state index >= 15 is 0 Å². The number of carbonyl (C=O) groups is 2. The first-order valence-corrected chi connectivity index (χ1v) is 9.36. The molecule has 2 aromatic rings. The summed E-state index contributed by atoms with van der Waals surface area (Å²) in [6, 6.07) is 14.2. The lowest BCUT2D eigenvalue weighted by Crippen LogP contribution is -2.58. The minimum Gasteiger partial charge on any atom is -0.368 e. The van der Waals surface area contributed by atoms with Gasteiger partial charge in [-0.2, -0.15) is 0 Å². The number of amides is 2. The average Bonchev–Trinajstić information content (AvgIpc) is 3.10. The molecule has 1 heterocycles. The maximum atomic E-state index is 12.3. The molecule has 3 N–H and O–H groups in total. The lowest BCUT2D eigenvalue weighted by atomic mass is 9.81. The zero-order chi connectivity index (χ0) is 17.7. The van der Waals surface area contributed by atoms with E-state index in [1.807, 2.05) is 30.3 Å². The number of rotatable bonds is 5. The molecule has 5 heteroatoms. The molecule has 0 bridgehead atoms. The third-order valence-electron chi connectivity index (χ3n) is 4.63. The van der Waals surface area contributed by atoms with Gasteiger partial charge in [0.1, 0.15) is 5.54 Å². The molecule has 3 rings (SSSR count). The van der Waals surface area contributed by atoms with E-state index in [2.05, 4.69) is 17.4 Å². The third-order valence-corrected chi connectivity index (χ3v) is 5.72. The summed E-state index contributed by atoms with van der Waals surface area (Å²) in [7, 11) is 0. The third kappa shape index (κ3) is 4.17. The lowest BCUT2D eigenvalue weighted by molar-refractivity contribution is -0.130. The van der Waals surface area contributed by atoms with Crippen LogP contribution in [0.15, 0.2) is 48.5 Å². The largest absolute Gasteiger partial charge is 0.368 e. The molecule has 4 nitrogen and oxygen atoms in total. The highest BCUT2D eigenvalue weighted by molar-refractivity contribution is 7.16. The maximum absolute atomic E-state index is 12.3. The highest BCUT2D eigenvalue weighted by Gasteiger charge is 2.38. The van der Waals surface area contributed by atoms with Crippen molar-refractivity contribution in [2.75, 3.05) is 0 Å². The fourth-order valence-corrected chi connectivity index (χ4v) is 4.14. The van der Waals surface area contributed by atoms with Crippen molar-refractivity contribution in [1.82, 2.24) is 5.32 Å². The second-order valence-electron chi connectivity index (χ2n) is 6.40. The van der Waals surface area contributed by atoms with Crippen molar-refractivity contribution in [2.45, 2.75) is 37.6 Å². The maximum Gasteiger partial charge on any atom is 0.244 e. The quantitative estimate of drug-likeness (QED) is 0.803. The first-order valence-electron chi connectivity index (χ1n) is 8.54. The van der Waals surface area contributed by atoms with Crippen LogP contribution in [0.2, 0.25) is 0 Å². The van der Waals surface area contributed by atoms with Crippen molar-refractivity contribution in [3.05, 3.63) is 53.4 Å². The summed E-state index contributed by atoms with van der Waals surface area (Å²) in [6.07, 6.45) is 7.43. The van der Waals surface area contributed by atoms with Gasteiger partial charge in [0, 0.05) is 15.8 Å². The van der Waals surface area contributed by atoms with Crippen molar-refractivity contribution in [2.24, 2.45) is 5.73 Å². The number of nitrogens with one attached hydrogen (secondary N) is 1. The Hall–Kier alpha value is -2.40. The van der Waals surface area contributed by atoms with Crippen molar-refractivity contribution in [3.63, 3.8) is 0 Å². The average molecular weight is 354 g/mol. The highest BCUT2D eigenvalue weighted by Crippen LogP contribution is 2.29. The topological polar surface area (TPSA) is 72.2 Å². The van der Waals surface area contributed by atoms with Gasteiger partial charge in [0.15, 0.2) is 0 Å². The van der Waals surface area contributed by atoms with Crippen LogP contribution in [0.4, 0.5) is 0 Å². The Kier molecular flexibility index (Phi) is 5.34. The summed E-state index contributed by atoms with van der Waals surface area (Å²) in [5.74, 6) is -0.702. The predicted octanol–water partition coefficient (Wildman–Crippen LogP) is 3.73. The second kappa shape index (κ2) is 7.66. The number of hydrogen-bond acceptors (Lipinski definition) is 3. The van der Waals surface area contributed by atoms with Gasteiger partial charge in [-0.3, -0.25) is 9.59 Å². The van der Waals surface area contributed by atoms with Crippen LogP contribution in [0.3, 0.4) is 0 Å². The Balaban J connectivity index is 1.66. The van der Waals surface area contributed by atoms with Crippen LogP contribution >= 0.6 is 11.3 Å². The molecular formula is C20H22N2O2S. The van der Waals surface area contributed by atoms with Crippen LogP contribution in [0.25, 0.3) is 16.5 Å². The lowest BCUT2D eigenvalue weighted by Gasteiger charge is -2.34. The first kappa shape index (κ1) is 17.4. The van der Waals surface area contributed by atoms with Gasteiger partial charge in [-0.05, 0) is 36.6 Å². The fourth-order valence-electron chi connectivity index (χ4n) is 3.22. The van der Waals surface area contributed by atoms with E-state index in [1.54, 1.807) is 17.4 Å². The van der Waals surface area contributed by atoms with Gasteiger partial charge in [0.2, 0.25) is 11.8 Å². The van der Waals surface area contributed by atoms with E-state index in [1.165, 1.54) is 6.08 Å². The Morgan fingerprint density at radius 3 is 2.44 bits per heavy atom. The highest BCUT2D eigenvalue weighted by atomic mass is 32.1. The van der Waals surface area contributed by atoms with Gasteiger partial charge < -0.3 is 11.1 Å². The van der Waals surface area contributed by atoms with Crippen molar-refractivity contribution < 1.29 is 9.59 Å². The van der Waals surface area contributed by atoms with Gasteiger partial charge in [-0.15, -0.1) is 11.3 Å². The summed E-state index contributed by atoms with van der Waals surface area (Å²) < 4.78 is 0. The van der Waals surface area contributed by atoms with Gasteiger partial charge in [-0.1, -0.05) is 49.6 Å². The molecule has 0 aliphatic heterocycles. The molecule has 0 spiro atoms. The van der Waals surface area contributed by atoms with Crippen LogP contribution < -0.4 is 11.1 Å². The molecule has 0 radical (unpaired) electrons. The summed E-state index contributed by atoms with van der Waals surface area (Å²) in [5.41, 5.74) is 5.82. The Bertz CT molecular complexity index is 774. The SMILES string of the molecule is NC(=O)C1(NC(=O)/C=C/c2ccc(-c3ccccc3)s2)CCCCC1. The smallest absolute Gasteiger partial charge is 0.244 e. The summed E-state index contributed by atoms with van der Waals surface area (Å²) in [5, 5.41) is 2.84. The standard InChI is InChI=1S/C20H22N2O2S/c21-19(24)20(13-5-2-6-14-20)22-18(23)12-10-16-9-11-17(25-16)15-7-3-1-4-8-15/h1,3-4,7-12H,2,5-6,13-14H2,(H2,21,24)(H,22,23)/b12-10+. The molecular weight excluding hydrogens is 332 g/mol. The predicted molar refractivity (Wildman–Crippen MR) is 102 cm³/mol. The van der Waals surface area contributed by atoms with E-state index in [0.29, 0.717) is 12.8 Å². The molecule has 1 fully saturated rings. The second-order valence-corrected chi connectivity index (χ2v) is 7.51. The van der Waals surface area contributed by atoms with Gasteiger partial charge in [0.25, 0.3) is 0 Å². The molecule has 130 valence electrons. The summed E-state index contributed by atoms with van der Waals surface area (Å²) in [6.45, 7) is 0. The molecule has 0 saturated heterocycles. The van der Waals surface area contributed by atoms with Crippen LogP contribution in [0.5, 0.6) is 0 Å². The van der Waals surface area contributed by atoms with E-state index in [-0.39, 0.29) is 5.91 Å². The van der Waals surface area contributed by atoms with E-state index in [0.717, 1.165) is 34.6 Å². The zero-order valence-corrected chi connectivity index (χ0v) is 14.9. The van der Waals surface area contributed by atoms with Crippen molar-refractivity contribution >= 4 is 29.2 Å². The number of benzene rings is 1. The summed E-state index contributed by atoms with van der Waals surface area (Å²) in [4.78, 5) is 26.2. The van der Waals surface area contributed by atoms with E-state index < -0.39 is 11.4 Å². The van der Waals surface area contributed by atoms with E-state index in [4.69, 9.17) is 5.73 Å². The molecule has 1 aliphatic carbocycles. The van der Waals surface area contributed by atoms with Crippen LogP contribution in [-0.2, 0) is 9.59 Å². The molecule has 1 aromatic heterocycles. The molecule has 2 amide bonds. The Labute approximate surface area is 151 Å². The molecule has 1 saturated carbocycles. The van der Waals surface area contributed by atoms with E-state index in [9.17, 15) is 9.59 Å². The zero-order valence-electron chi connectivity index (χ0n) is 14.0. The first-order chi connectivity index (χ1) is 12.1. The number of hydrogen-bond donors (Lipinski definition) is 2. The number of primary amides is 1. The monoisotopic (exact) mass is 354 g/mol. The number of thiophene rings is 1. The van der Waals surface area contributed by atoms with Gasteiger partial charge >= 0.3 is 0 Å². The molecule has 1 aliphatic rings. The summed E-state index contributed by atoms with van der Waals surface area (Å²) >= 11 is 1.62. The minimum absolute atomic E-state index is 0.268. The molecule has 0 atom stereocenters. The fraction of sp³-hybridized carbons (Fsp3) is 0.300. The minimum atomic E-state index is -0.885. The Morgan fingerprint density at radius 2 is 1.76 bits per heavy atom. The number of carbonyl (C=O) groups excluding carboxylic acids is 2. The van der Waals surface area contributed by atoms with Crippen molar-refractivity contribution in [1.29, 1.82) is 0 Å². The number of nitrogens with two attached hydrogens (primary N) is 1. The van der Waals surface area contributed by atoms with Crippen LogP contribution in [0, 0.1) is 0 Å². The Morgan fingerprint density at radius 1 is 1.04 bits per heavy atom. The molecule has 0 unspecified atom stereocenters. The van der Waals surface area contributed by atoms with Crippen LogP contribution in [0.1, 0.15) is 37.0 Å². The van der Waals surface area contributed by atoms with Crippen molar-refractivity contribution in [3.8, 4) is 10.4 Å². The molecule has 1 aromatic carbocycles. The van der Waals surface area contributed by atoms with Crippen LogP contribution in [-0.4, -0.2) is 17.4 Å².